The van der Waals surface area contributed by atoms with E-state index in [9.17, 15) is 9.90 Å². The van der Waals surface area contributed by atoms with Crippen LogP contribution in [0.4, 0.5) is 5.69 Å². The Hall–Kier alpha value is -2.21. The van der Waals surface area contributed by atoms with Gasteiger partial charge in [0.1, 0.15) is 0 Å². The molecule has 1 fully saturated rings. The minimum atomic E-state index is -0.467. The molecule has 0 saturated carbocycles. The Morgan fingerprint density at radius 3 is 2.37 bits per heavy atom. The second-order valence-electron chi connectivity index (χ2n) is 7.30. The van der Waals surface area contributed by atoms with Crippen molar-refractivity contribution in [1.82, 2.24) is 9.80 Å². The lowest BCUT2D eigenvalue weighted by Gasteiger charge is -2.35. The Labute approximate surface area is 161 Å². The van der Waals surface area contributed by atoms with Gasteiger partial charge < -0.3 is 10.4 Å². The van der Waals surface area contributed by atoms with Crippen molar-refractivity contribution in [2.24, 2.45) is 0 Å². The van der Waals surface area contributed by atoms with E-state index in [1.54, 1.807) is 0 Å². The number of anilines is 1. The summed E-state index contributed by atoms with van der Waals surface area (Å²) in [6, 6.07) is 15.7. The van der Waals surface area contributed by atoms with Gasteiger partial charge in [-0.2, -0.15) is 0 Å². The topological polar surface area (TPSA) is 55.8 Å². The summed E-state index contributed by atoms with van der Waals surface area (Å²) in [5, 5.41) is 13.4. The zero-order chi connectivity index (χ0) is 19.2. The van der Waals surface area contributed by atoms with Crippen molar-refractivity contribution in [3.05, 3.63) is 65.2 Å². The molecule has 144 valence electrons. The molecule has 1 heterocycles. The predicted molar refractivity (Wildman–Crippen MR) is 109 cm³/mol. The van der Waals surface area contributed by atoms with Crippen molar-refractivity contribution in [1.29, 1.82) is 0 Å². The molecule has 2 aromatic rings. The summed E-state index contributed by atoms with van der Waals surface area (Å²) in [4.78, 5) is 16.8. The summed E-state index contributed by atoms with van der Waals surface area (Å²) in [5.74, 6) is 0.0291. The number of hydrogen-bond acceptors (Lipinski definition) is 4. The number of carbonyl (C=O) groups is 1. The van der Waals surface area contributed by atoms with Crippen LogP contribution in [0.25, 0.3) is 0 Å². The van der Waals surface area contributed by atoms with Crippen molar-refractivity contribution in [2.75, 3.05) is 44.6 Å². The van der Waals surface area contributed by atoms with Crippen LogP contribution in [-0.4, -0.2) is 60.1 Å². The van der Waals surface area contributed by atoms with E-state index in [-0.39, 0.29) is 5.91 Å². The molecular weight excluding hydrogens is 338 g/mol. The van der Waals surface area contributed by atoms with Crippen LogP contribution < -0.4 is 5.32 Å². The Bertz CT molecular complexity index is 755. The van der Waals surface area contributed by atoms with Gasteiger partial charge in [0.15, 0.2) is 0 Å². The van der Waals surface area contributed by atoms with Crippen LogP contribution in [0.2, 0.25) is 0 Å². The molecule has 0 radical (unpaired) electrons. The third-order valence-electron chi connectivity index (χ3n) is 5.33. The van der Waals surface area contributed by atoms with Gasteiger partial charge in [-0.1, -0.05) is 42.5 Å². The third kappa shape index (κ3) is 5.39. The maximum absolute atomic E-state index is 12.4. The van der Waals surface area contributed by atoms with Gasteiger partial charge in [-0.05, 0) is 36.6 Å². The number of aryl methyl sites for hydroxylation is 1. The molecule has 0 bridgehead atoms. The van der Waals surface area contributed by atoms with E-state index in [1.807, 2.05) is 62.4 Å². The zero-order valence-corrected chi connectivity index (χ0v) is 16.2. The summed E-state index contributed by atoms with van der Waals surface area (Å²) >= 11 is 0. The average molecular weight is 367 g/mol. The molecule has 1 aliphatic heterocycles. The summed E-state index contributed by atoms with van der Waals surface area (Å²) in [6.07, 6.45) is -0.467. The van der Waals surface area contributed by atoms with Crippen LogP contribution in [0.1, 0.15) is 22.8 Å². The van der Waals surface area contributed by atoms with Gasteiger partial charge in [-0.3, -0.25) is 14.6 Å². The molecule has 5 nitrogen and oxygen atoms in total. The number of nitrogens with one attached hydrogen (secondary N) is 1. The zero-order valence-electron chi connectivity index (χ0n) is 16.2. The quantitative estimate of drug-likeness (QED) is 0.824. The summed E-state index contributed by atoms with van der Waals surface area (Å²) in [6.45, 7) is 8.51. The molecule has 0 unspecified atom stereocenters. The monoisotopic (exact) mass is 367 g/mol. The van der Waals surface area contributed by atoms with Gasteiger partial charge in [-0.25, -0.2) is 0 Å². The Morgan fingerprint density at radius 2 is 1.67 bits per heavy atom. The first-order valence-corrected chi connectivity index (χ1v) is 9.56. The van der Waals surface area contributed by atoms with Gasteiger partial charge in [0, 0.05) is 38.4 Å². The molecule has 1 amide bonds. The molecule has 0 aliphatic carbocycles. The largest absolute Gasteiger partial charge is 0.387 e. The fraction of sp³-hybridized carbons (Fsp3) is 0.409. The number of piperazine rings is 1. The second kappa shape index (κ2) is 9.13. The summed E-state index contributed by atoms with van der Waals surface area (Å²) < 4.78 is 0. The van der Waals surface area contributed by atoms with Gasteiger partial charge in [-0.15, -0.1) is 0 Å². The fourth-order valence-electron chi connectivity index (χ4n) is 3.43. The van der Waals surface area contributed by atoms with Crippen LogP contribution in [0.3, 0.4) is 0 Å². The van der Waals surface area contributed by atoms with Crippen LogP contribution in [0.15, 0.2) is 48.5 Å². The van der Waals surface area contributed by atoms with E-state index in [0.717, 1.165) is 43.0 Å². The van der Waals surface area contributed by atoms with E-state index < -0.39 is 6.10 Å². The molecule has 1 aliphatic rings. The number of aliphatic hydroxyl groups excluding tert-OH is 1. The van der Waals surface area contributed by atoms with Gasteiger partial charge in [0.25, 0.3) is 0 Å². The maximum atomic E-state index is 12.4. The molecule has 27 heavy (non-hydrogen) atoms. The average Bonchev–Trinajstić information content (AvgIpc) is 2.67. The van der Waals surface area contributed by atoms with E-state index in [2.05, 4.69) is 15.1 Å². The molecule has 0 aromatic heterocycles. The van der Waals surface area contributed by atoms with E-state index in [0.29, 0.717) is 13.1 Å². The lowest BCUT2D eigenvalue weighted by atomic mass is 10.1. The van der Waals surface area contributed by atoms with Crippen molar-refractivity contribution in [3.8, 4) is 0 Å². The van der Waals surface area contributed by atoms with Gasteiger partial charge in [0.2, 0.25) is 5.91 Å². The number of aliphatic hydroxyl groups is 1. The fourth-order valence-corrected chi connectivity index (χ4v) is 3.43. The second-order valence-corrected chi connectivity index (χ2v) is 7.30. The normalized spacial score (nSPS) is 16.9. The standard InChI is InChI=1S/C22H29N3O2/c1-17-7-6-10-20(18(17)2)23-22(27)16-25-13-11-24(12-14-25)15-21(26)19-8-4-3-5-9-19/h3-10,21,26H,11-16H2,1-2H3,(H,23,27)/t21-/m1/s1. The first-order chi connectivity index (χ1) is 13.0. The molecule has 2 aromatic carbocycles. The highest BCUT2D eigenvalue weighted by atomic mass is 16.3. The number of amides is 1. The smallest absolute Gasteiger partial charge is 0.238 e. The number of carbonyl (C=O) groups excluding carboxylic acids is 1. The maximum Gasteiger partial charge on any atom is 0.238 e. The number of hydrogen-bond donors (Lipinski definition) is 2. The lowest BCUT2D eigenvalue weighted by molar-refractivity contribution is -0.117. The highest BCUT2D eigenvalue weighted by molar-refractivity contribution is 5.93. The van der Waals surface area contributed by atoms with Crippen LogP contribution in [0.5, 0.6) is 0 Å². The van der Waals surface area contributed by atoms with E-state index in [1.165, 1.54) is 5.56 Å². The van der Waals surface area contributed by atoms with E-state index in [4.69, 9.17) is 0 Å². The number of benzene rings is 2. The first kappa shape index (κ1) is 19.5. The first-order valence-electron chi connectivity index (χ1n) is 9.56. The highest BCUT2D eigenvalue weighted by Crippen LogP contribution is 2.18. The molecular formula is C22H29N3O2. The number of β-amino-alcohol motifs (C(OH)–C–C–N with tert-alkyl or cyclic N) is 1. The molecule has 2 N–H and O–H groups in total. The van der Waals surface area contributed by atoms with Crippen molar-refractivity contribution < 1.29 is 9.90 Å². The predicted octanol–water partition coefficient (Wildman–Crippen LogP) is 2.59. The molecule has 0 spiro atoms. The highest BCUT2D eigenvalue weighted by Gasteiger charge is 2.21. The SMILES string of the molecule is Cc1cccc(NC(=O)CN2CCN(C[C@@H](O)c3ccccc3)CC2)c1C. The molecule has 3 rings (SSSR count). The Morgan fingerprint density at radius 1 is 1.00 bits per heavy atom. The van der Waals surface area contributed by atoms with Crippen molar-refractivity contribution in [3.63, 3.8) is 0 Å². The van der Waals surface area contributed by atoms with Crippen molar-refractivity contribution in [2.45, 2.75) is 20.0 Å². The molecule has 1 atom stereocenters. The van der Waals surface area contributed by atoms with Crippen LogP contribution in [-0.2, 0) is 4.79 Å². The summed E-state index contributed by atoms with van der Waals surface area (Å²) in [7, 11) is 0. The Balaban J connectivity index is 1.44. The van der Waals surface area contributed by atoms with Crippen LogP contribution in [0, 0.1) is 13.8 Å². The number of rotatable bonds is 6. The van der Waals surface area contributed by atoms with Crippen molar-refractivity contribution >= 4 is 11.6 Å². The Kier molecular flexibility index (Phi) is 6.61. The third-order valence-corrected chi connectivity index (χ3v) is 5.33. The van der Waals surface area contributed by atoms with E-state index >= 15 is 0 Å². The minimum Gasteiger partial charge on any atom is -0.387 e. The summed E-state index contributed by atoms with van der Waals surface area (Å²) in [5.41, 5.74) is 4.14. The number of nitrogens with zero attached hydrogens (tertiary/aromatic N) is 2. The molecule has 5 heteroatoms. The lowest BCUT2D eigenvalue weighted by Crippen LogP contribution is -2.49. The van der Waals surface area contributed by atoms with Crippen LogP contribution >= 0.6 is 0 Å². The van der Waals surface area contributed by atoms with Gasteiger partial charge >= 0.3 is 0 Å². The molecule has 1 saturated heterocycles. The minimum absolute atomic E-state index is 0.0291. The van der Waals surface area contributed by atoms with Gasteiger partial charge in [0.05, 0.1) is 12.6 Å².